The number of carbonyl (C=O) groups is 1. The lowest BCUT2D eigenvalue weighted by Gasteiger charge is -2.28. The van der Waals surface area contributed by atoms with Gasteiger partial charge in [0.25, 0.3) is 5.91 Å². The van der Waals surface area contributed by atoms with E-state index in [9.17, 15) is 4.79 Å². The average Bonchev–Trinajstić information content (AvgIpc) is 2.99. The van der Waals surface area contributed by atoms with E-state index in [4.69, 9.17) is 0 Å². The van der Waals surface area contributed by atoms with Gasteiger partial charge < -0.3 is 20.4 Å². The Balaban J connectivity index is 1.60. The summed E-state index contributed by atoms with van der Waals surface area (Å²) in [4.78, 5) is 17.9. The van der Waals surface area contributed by atoms with Gasteiger partial charge in [0.15, 0.2) is 0 Å². The van der Waals surface area contributed by atoms with Crippen molar-refractivity contribution in [1.29, 1.82) is 0 Å². The van der Waals surface area contributed by atoms with Gasteiger partial charge in [-0.2, -0.15) is 0 Å². The summed E-state index contributed by atoms with van der Waals surface area (Å²) >= 11 is 1.77. The molecule has 2 aliphatic rings. The van der Waals surface area contributed by atoms with Crippen LogP contribution in [0.5, 0.6) is 0 Å². The molecule has 138 valence electrons. The molecule has 0 radical (unpaired) electrons. The van der Waals surface area contributed by atoms with E-state index in [0.717, 1.165) is 41.3 Å². The molecule has 0 fully saturated rings. The Hall–Kier alpha value is -2.05. The van der Waals surface area contributed by atoms with Crippen LogP contribution in [0.2, 0.25) is 0 Å². The average molecular weight is 372 g/mol. The molecule has 6 heteroatoms. The molecule has 1 aromatic heterocycles. The summed E-state index contributed by atoms with van der Waals surface area (Å²) in [6.07, 6.45) is 0.825. The minimum absolute atomic E-state index is 0.0610. The fourth-order valence-corrected chi connectivity index (χ4v) is 5.16. The number of benzene rings is 1. The van der Waals surface area contributed by atoms with Crippen LogP contribution in [0.3, 0.4) is 0 Å². The molecule has 1 aromatic carbocycles. The van der Waals surface area contributed by atoms with Crippen molar-refractivity contribution < 1.29 is 9.69 Å². The fourth-order valence-electron chi connectivity index (χ4n) is 3.84. The normalized spacial score (nSPS) is 21.7. The van der Waals surface area contributed by atoms with Crippen LogP contribution in [0.1, 0.15) is 46.4 Å². The van der Waals surface area contributed by atoms with E-state index < -0.39 is 0 Å². The minimum Gasteiger partial charge on any atom is -0.378 e. The Labute approximate surface area is 159 Å². The lowest BCUT2D eigenvalue weighted by molar-refractivity contribution is -0.936. The number of hydrogen-bond acceptors (Lipinski definition) is 4. The van der Waals surface area contributed by atoms with E-state index >= 15 is 0 Å². The molecule has 1 unspecified atom stereocenters. The minimum atomic E-state index is -0.167. The topological polar surface area (TPSA) is 48.8 Å². The zero-order valence-electron chi connectivity index (χ0n) is 15.8. The SMILES string of the molecule is CC(C)[NH+]1CCc2c(sc3c2C(=O)N[C@H](c2ccc(N(C)C)cc2)N3)C1. The number of quaternary nitrogens is 1. The second-order valence-electron chi connectivity index (χ2n) is 7.73. The van der Waals surface area contributed by atoms with Crippen molar-refractivity contribution in [3.63, 3.8) is 0 Å². The third-order valence-electron chi connectivity index (χ3n) is 5.51. The number of fused-ring (bicyclic) bond motifs is 3. The number of carbonyl (C=O) groups excluding carboxylic acids is 1. The van der Waals surface area contributed by atoms with Crippen LogP contribution in [0, 0.1) is 0 Å². The summed E-state index contributed by atoms with van der Waals surface area (Å²) in [5.41, 5.74) is 4.38. The van der Waals surface area contributed by atoms with Crippen LogP contribution in [-0.2, 0) is 13.0 Å². The van der Waals surface area contributed by atoms with Gasteiger partial charge in [-0.15, -0.1) is 11.3 Å². The van der Waals surface area contributed by atoms with Crippen molar-refractivity contribution in [1.82, 2.24) is 5.32 Å². The number of anilines is 2. The second-order valence-corrected chi connectivity index (χ2v) is 8.84. The van der Waals surface area contributed by atoms with Crippen LogP contribution < -0.4 is 20.4 Å². The van der Waals surface area contributed by atoms with Crippen molar-refractivity contribution in [2.45, 2.75) is 39.0 Å². The first kappa shape index (κ1) is 17.4. The third-order valence-corrected chi connectivity index (χ3v) is 6.67. The number of amides is 1. The van der Waals surface area contributed by atoms with E-state index in [1.165, 1.54) is 10.4 Å². The molecular formula is C20H27N4OS+. The molecule has 4 rings (SSSR count). The number of rotatable bonds is 3. The lowest BCUT2D eigenvalue weighted by Crippen LogP contribution is -3.14. The predicted octanol–water partition coefficient (Wildman–Crippen LogP) is 2.02. The Morgan fingerprint density at radius 2 is 1.92 bits per heavy atom. The van der Waals surface area contributed by atoms with Crippen molar-refractivity contribution in [3.05, 3.63) is 45.8 Å². The van der Waals surface area contributed by atoms with E-state index in [-0.39, 0.29) is 12.1 Å². The zero-order chi connectivity index (χ0) is 18.4. The van der Waals surface area contributed by atoms with E-state index in [1.807, 2.05) is 14.1 Å². The fraction of sp³-hybridized carbons (Fsp3) is 0.450. The molecule has 0 aliphatic carbocycles. The molecule has 5 nitrogen and oxygen atoms in total. The number of nitrogens with zero attached hydrogens (tertiary/aromatic N) is 1. The summed E-state index contributed by atoms with van der Waals surface area (Å²) in [5.74, 6) is 0.0610. The standard InChI is InChI=1S/C20H26N4OS/c1-12(2)24-10-9-15-16(11-24)26-20-17(15)19(25)21-18(22-20)13-5-7-14(8-6-13)23(3)4/h5-8,12,18,22H,9-11H2,1-4H3,(H,21,25)/p+1/t18-/m0/s1. The van der Waals surface area contributed by atoms with Crippen molar-refractivity contribution >= 4 is 27.9 Å². The highest BCUT2D eigenvalue weighted by molar-refractivity contribution is 7.16. The van der Waals surface area contributed by atoms with Crippen LogP contribution in [0.25, 0.3) is 0 Å². The van der Waals surface area contributed by atoms with Gasteiger partial charge in [0.1, 0.15) is 17.7 Å². The van der Waals surface area contributed by atoms with Gasteiger partial charge in [-0.05, 0) is 37.1 Å². The molecule has 2 atom stereocenters. The highest BCUT2D eigenvalue weighted by atomic mass is 32.1. The maximum absolute atomic E-state index is 12.8. The highest BCUT2D eigenvalue weighted by Gasteiger charge is 2.35. The molecule has 3 N–H and O–H groups in total. The van der Waals surface area contributed by atoms with Gasteiger partial charge in [-0.1, -0.05) is 12.1 Å². The molecular weight excluding hydrogens is 344 g/mol. The van der Waals surface area contributed by atoms with Crippen molar-refractivity contribution in [3.8, 4) is 0 Å². The molecule has 3 heterocycles. The first-order valence-electron chi connectivity index (χ1n) is 9.28. The predicted molar refractivity (Wildman–Crippen MR) is 107 cm³/mol. The molecule has 26 heavy (non-hydrogen) atoms. The van der Waals surface area contributed by atoms with E-state index in [2.05, 4.69) is 53.6 Å². The first-order chi connectivity index (χ1) is 12.4. The quantitative estimate of drug-likeness (QED) is 0.774. The molecule has 2 aliphatic heterocycles. The molecule has 0 saturated carbocycles. The van der Waals surface area contributed by atoms with Gasteiger partial charge in [0.05, 0.1) is 23.0 Å². The van der Waals surface area contributed by atoms with Crippen LogP contribution in [0.4, 0.5) is 10.7 Å². The Morgan fingerprint density at radius 3 is 2.58 bits per heavy atom. The molecule has 0 spiro atoms. The monoisotopic (exact) mass is 371 g/mol. The van der Waals surface area contributed by atoms with Gasteiger partial charge >= 0.3 is 0 Å². The second kappa shape index (κ2) is 6.59. The summed E-state index contributed by atoms with van der Waals surface area (Å²) in [5, 5.41) is 7.73. The summed E-state index contributed by atoms with van der Waals surface area (Å²) in [6, 6.07) is 8.95. The molecule has 1 amide bonds. The summed E-state index contributed by atoms with van der Waals surface area (Å²) < 4.78 is 0. The Morgan fingerprint density at radius 1 is 1.19 bits per heavy atom. The highest BCUT2D eigenvalue weighted by Crippen LogP contribution is 2.39. The van der Waals surface area contributed by atoms with Crippen molar-refractivity contribution in [2.75, 3.05) is 30.9 Å². The van der Waals surface area contributed by atoms with Gasteiger partial charge in [-0.25, -0.2) is 0 Å². The van der Waals surface area contributed by atoms with Crippen molar-refractivity contribution in [2.24, 2.45) is 0 Å². The maximum atomic E-state index is 12.8. The summed E-state index contributed by atoms with van der Waals surface area (Å²) in [7, 11) is 4.06. The maximum Gasteiger partial charge on any atom is 0.256 e. The third kappa shape index (κ3) is 2.97. The Kier molecular flexibility index (Phi) is 4.40. The zero-order valence-corrected chi connectivity index (χ0v) is 16.7. The molecule has 2 aromatic rings. The molecule has 0 bridgehead atoms. The van der Waals surface area contributed by atoms with Gasteiger partial charge in [0, 0.05) is 26.2 Å². The smallest absolute Gasteiger partial charge is 0.256 e. The van der Waals surface area contributed by atoms with Gasteiger partial charge in [-0.3, -0.25) is 4.79 Å². The lowest BCUT2D eigenvalue weighted by atomic mass is 9.99. The number of thiophene rings is 1. The summed E-state index contributed by atoms with van der Waals surface area (Å²) in [6.45, 7) is 6.68. The van der Waals surface area contributed by atoms with E-state index in [1.54, 1.807) is 16.2 Å². The largest absolute Gasteiger partial charge is 0.378 e. The van der Waals surface area contributed by atoms with E-state index in [0.29, 0.717) is 6.04 Å². The molecule has 0 saturated heterocycles. The van der Waals surface area contributed by atoms with Crippen LogP contribution in [-0.4, -0.2) is 32.6 Å². The first-order valence-corrected chi connectivity index (χ1v) is 10.1. The van der Waals surface area contributed by atoms with Gasteiger partial charge in [0.2, 0.25) is 0 Å². The Bertz CT molecular complexity index is 825. The number of nitrogens with one attached hydrogen (secondary N) is 3. The number of hydrogen-bond donors (Lipinski definition) is 3. The van der Waals surface area contributed by atoms with Crippen LogP contribution in [0.15, 0.2) is 24.3 Å². The van der Waals surface area contributed by atoms with Crippen LogP contribution >= 0.6 is 11.3 Å².